The van der Waals surface area contributed by atoms with Crippen LogP contribution in [0.3, 0.4) is 0 Å². The molecule has 0 unspecified atom stereocenters. The van der Waals surface area contributed by atoms with Crippen molar-refractivity contribution in [3.63, 3.8) is 0 Å². The van der Waals surface area contributed by atoms with Gasteiger partial charge < -0.3 is 35.1 Å². The van der Waals surface area contributed by atoms with Crippen molar-refractivity contribution in [2.75, 3.05) is 33.4 Å². The molecule has 3 N–H and O–H groups in total. The first-order valence-electron chi connectivity index (χ1n) is 17.5. The summed E-state index contributed by atoms with van der Waals surface area (Å²) in [4.78, 5) is 85.8. The molecule has 272 valence electrons. The molecule has 0 aromatic heterocycles. The standard InChI is InChI=1S/C36H49N5O9/c1-6-7-25(28(42)31(44)38-23-12-13-23)39-30(43)27-17-36(16-26(37-19-36)21-8-10-22(11-9-21)33(46)48-5)20-41(27)32(45)29(35(2,3)4)40-34(47)50-24-14-15-49-18-24/h8-11,23-25,27,29H,6-7,12-20H2,1-5H3,(H,38,44)(H,39,43)(H,40,47)/t24-,25-,27-,29+,36-/m0/s1. The summed E-state index contributed by atoms with van der Waals surface area (Å²) in [5.41, 5.74) is 0.619. The third-order valence-electron chi connectivity index (χ3n) is 9.76. The molecule has 1 aliphatic carbocycles. The molecule has 14 nitrogen and oxygen atoms in total. The summed E-state index contributed by atoms with van der Waals surface area (Å²) in [6, 6.07) is 3.79. The fraction of sp³-hybridized carbons (Fsp3) is 0.639. The van der Waals surface area contributed by atoms with Gasteiger partial charge in [0.15, 0.2) is 0 Å². The van der Waals surface area contributed by atoms with Crippen LogP contribution < -0.4 is 16.0 Å². The Bertz CT molecular complexity index is 1510. The lowest BCUT2D eigenvalue weighted by Gasteiger charge is -2.35. The van der Waals surface area contributed by atoms with Crippen LogP contribution in [0.1, 0.15) is 88.6 Å². The van der Waals surface area contributed by atoms with E-state index in [1.54, 1.807) is 24.3 Å². The van der Waals surface area contributed by atoms with Crippen LogP contribution in [0.2, 0.25) is 0 Å². The Labute approximate surface area is 292 Å². The van der Waals surface area contributed by atoms with Gasteiger partial charge in [0.05, 0.1) is 31.9 Å². The van der Waals surface area contributed by atoms with Crippen LogP contribution in [-0.4, -0.2) is 110 Å². The number of ketones is 1. The maximum atomic E-state index is 14.5. The summed E-state index contributed by atoms with van der Waals surface area (Å²) in [5, 5.41) is 8.27. The van der Waals surface area contributed by atoms with E-state index < -0.39 is 70.6 Å². The van der Waals surface area contributed by atoms with Crippen molar-refractivity contribution in [3.8, 4) is 0 Å². The molecule has 4 amide bonds. The zero-order chi connectivity index (χ0) is 36.2. The van der Waals surface area contributed by atoms with Gasteiger partial charge in [-0.3, -0.25) is 24.2 Å². The van der Waals surface area contributed by atoms with Gasteiger partial charge in [-0.2, -0.15) is 0 Å². The van der Waals surface area contributed by atoms with Crippen LogP contribution in [0.15, 0.2) is 29.3 Å². The summed E-state index contributed by atoms with van der Waals surface area (Å²) in [7, 11) is 1.32. The lowest BCUT2D eigenvalue weighted by atomic mass is 9.81. The lowest BCUT2D eigenvalue weighted by molar-refractivity contribution is -0.144. The molecule has 0 radical (unpaired) electrons. The number of aliphatic imine (C=N–C) groups is 1. The molecule has 1 aromatic carbocycles. The van der Waals surface area contributed by atoms with Gasteiger partial charge in [-0.05, 0) is 55.2 Å². The molecule has 0 bridgehead atoms. The first kappa shape index (κ1) is 36.9. The molecule has 50 heavy (non-hydrogen) atoms. The van der Waals surface area contributed by atoms with Gasteiger partial charge in [0.25, 0.3) is 5.91 Å². The molecule has 14 heteroatoms. The zero-order valence-electron chi connectivity index (χ0n) is 29.5. The van der Waals surface area contributed by atoms with Crippen molar-refractivity contribution in [2.45, 2.75) is 103 Å². The summed E-state index contributed by atoms with van der Waals surface area (Å²) in [6.45, 7) is 8.59. The highest BCUT2D eigenvalue weighted by Crippen LogP contribution is 2.44. The number of nitrogens with zero attached hydrogens (tertiary/aromatic N) is 2. The normalized spacial score (nSPS) is 24.3. The number of amides is 4. The summed E-state index contributed by atoms with van der Waals surface area (Å²) >= 11 is 0. The van der Waals surface area contributed by atoms with Crippen LogP contribution >= 0.6 is 0 Å². The lowest BCUT2D eigenvalue weighted by Crippen LogP contribution is -2.59. The highest BCUT2D eigenvalue weighted by molar-refractivity contribution is 6.38. The van der Waals surface area contributed by atoms with Crippen molar-refractivity contribution in [3.05, 3.63) is 35.4 Å². The van der Waals surface area contributed by atoms with E-state index in [1.807, 2.05) is 27.7 Å². The molecule has 3 aliphatic heterocycles. The van der Waals surface area contributed by atoms with Gasteiger partial charge in [0, 0.05) is 36.7 Å². The second kappa shape index (κ2) is 15.3. The quantitative estimate of drug-likeness (QED) is 0.218. The van der Waals surface area contributed by atoms with Crippen LogP contribution in [0, 0.1) is 10.8 Å². The molecule has 1 aromatic rings. The maximum Gasteiger partial charge on any atom is 0.408 e. The average Bonchev–Trinajstić information content (AvgIpc) is 3.43. The first-order valence-corrected chi connectivity index (χ1v) is 17.5. The van der Waals surface area contributed by atoms with E-state index in [4.69, 9.17) is 19.2 Å². The molecule has 2 saturated heterocycles. The third-order valence-corrected chi connectivity index (χ3v) is 9.76. The van der Waals surface area contributed by atoms with E-state index in [-0.39, 0.29) is 32.0 Å². The van der Waals surface area contributed by atoms with Gasteiger partial charge >= 0.3 is 12.1 Å². The predicted molar refractivity (Wildman–Crippen MR) is 181 cm³/mol. The first-order chi connectivity index (χ1) is 23.7. The molecule has 1 spiro atoms. The van der Waals surface area contributed by atoms with E-state index in [9.17, 15) is 28.8 Å². The van der Waals surface area contributed by atoms with E-state index in [2.05, 4.69) is 16.0 Å². The Morgan fingerprint density at radius 1 is 1.06 bits per heavy atom. The number of rotatable bonds is 12. The van der Waals surface area contributed by atoms with Crippen LogP contribution in [-0.2, 0) is 33.4 Å². The fourth-order valence-corrected chi connectivity index (χ4v) is 6.80. The molecule has 5 rings (SSSR count). The van der Waals surface area contributed by atoms with Crippen molar-refractivity contribution in [1.29, 1.82) is 0 Å². The summed E-state index contributed by atoms with van der Waals surface area (Å²) in [6.07, 6.45) is 2.53. The van der Waals surface area contributed by atoms with E-state index in [0.29, 0.717) is 38.0 Å². The van der Waals surface area contributed by atoms with Crippen LogP contribution in [0.5, 0.6) is 0 Å². The highest BCUT2D eigenvalue weighted by Gasteiger charge is 2.53. The minimum absolute atomic E-state index is 0.0184. The van der Waals surface area contributed by atoms with Gasteiger partial charge in [-0.1, -0.05) is 46.2 Å². The minimum atomic E-state index is -1.05. The smallest absolute Gasteiger partial charge is 0.408 e. The maximum absolute atomic E-state index is 14.5. The number of nitrogens with one attached hydrogen (secondary N) is 3. The van der Waals surface area contributed by atoms with Crippen molar-refractivity contribution in [1.82, 2.24) is 20.9 Å². The van der Waals surface area contributed by atoms with Crippen molar-refractivity contribution < 1.29 is 43.0 Å². The zero-order valence-corrected chi connectivity index (χ0v) is 29.5. The minimum Gasteiger partial charge on any atom is -0.465 e. The average molecular weight is 696 g/mol. The van der Waals surface area contributed by atoms with Gasteiger partial charge in [-0.25, -0.2) is 9.59 Å². The van der Waals surface area contributed by atoms with Gasteiger partial charge in [0.1, 0.15) is 18.2 Å². The second-order valence-corrected chi connectivity index (χ2v) is 15.0. The fourth-order valence-electron chi connectivity index (χ4n) is 6.80. The Morgan fingerprint density at radius 2 is 1.78 bits per heavy atom. The third kappa shape index (κ3) is 8.69. The van der Waals surface area contributed by atoms with Gasteiger partial charge in [0.2, 0.25) is 17.6 Å². The molecule has 3 fully saturated rings. The van der Waals surface area contributed by atoms with Gasteiger partial charge in [-0.15, -0.1) is 0 Å². The second-order valence-electron chi connectivity index (χ2n) is 15.0. The van der Waals surface area contributed by atoms with E-state index >= 15 is 0 Å². The number of alkyl carbamates (subject to hydrolysis) is 1. The van der Waals surface area contributed by atoms with E-state index in [0.717, 1.165) is 24.1 Å². The molecule has 4 aliphatic rings. The number of hydrogen-bond donors (Lipinski definition) is 3. The predicted octanol–water partition coefficient (Wildman–Crippen LogP) is 2.32. The monoisotopic (exact) mass is 695 g/mol. The van der Waals surface area contributed by atoms with Crippen LogP contribution in [0.25, 0.3) is 0 Å². The Balaban J connectivity index is 1.38. The SMILES string of the molecule is CCC[C@H](NC(=O)[C@@H]1C[C@@]2(CN=C(c3ccc(C(=O)OC)cc3)C2)CN1C(=O)[C@@H](NC(=O)O[C@H]1CCOC1)C(C)(C)C)C(=O)C(=O)NC1CC1. The number of ether oxygens (including phenoxy) is 3. The topological polar surface area (TPSA) is 182 Å². The van der Waals surface area contributed by atoms with Crippen molar-refractivity contribution in [2.24, 2.45) is 15.8 Å². The Kier molecular flexibility index (Phi) is 11.3. The Hall–Kier alpha value is -4.33. The number of methoxy groups -OCH3 is 1. The number of likely N-dealkylation sites (tertiary alicyclic amines) is 1. The molecule has 1 saturated carbocycles. The highest BCUT2D eigenvalue weighted by atomic mass is 16.6. The molecule has 3 heterocycles. The number of benzene rings is 1. The number of carbonyl (C=O) groups is 6. The van der Waals surface area contributed by atoms with E-state index in [1.165, 1.54) is 12.0 Å². The summed E-state index contributed by atoms with van der Waals surface area (Å²) < 4.78 is 15.6. The Morgan fingerprint density at radius 3 is 2.38 bits per heavy atom. The number of Topliss-reactive ketones (excluding diaryl/α,β-unsaturated/α-hetero) is 1. The van der Waals surface area contributed by atoms with Crippen molar-refractivity contribution >= 4 is 41.3 Å². The summed E-state index contributed by atoms with van der Waals surface area (Å²) in [5.74, 6) is -2.90. The van der Waals surface area contributed by atoms with Crippen LogP contribution in [0.4, 0.5) is 4.79 Å². The molecule has 5 atom stereocenters. The number of esters is 1. The molecular formula is C36H49N5O9. The molecular weight excluding hydrogens is 646 g/mol. The number of hydrogen-bond acceptors (Lipinski definition) is 10. The largest absolute Gasteiger partial charge is 0.465 e. The number of carbonyl (C=O) groups excluding carboxylic acids is 6.